The van der Waals surface area contributed by atoms with Gasteiger partial charge in [0.25, 0.3) is 5.69 Å². The summed E-state index contributed by atoms with van der Waals surface area (Å²) in [6.45, 7) is 0. The minimum absolute atomic E-state index is 0.00568. The Morgan fingerprint density at radius 2 is 2.11 bits per heavy atom. The number of aliphatic carboxylic acids is 1. The zero-order valence-electron chi connectivity index (χ0n) is 10.0. The highest BCUT2D eigenvalue weighted by Crippen LogP contribution is 2.35. The Morgan fingerprint density at radius 3 is 2.58 bits per heavy atom. The lowest BCUT2D eigenvalue weighted by Gasteiger charge is -2.18. The third-order valence-electron chi connectivity index (χ3n) is 2.50. The van der Waals surface area contributed by atoms with Crippen molar-refractivity contribution in [3.63, 3.8) is 0 Å². The fourth-order valence-corrected chi connectivity index (χ4v) is 1.65. The predicted molar refractivity (Wildman–Crippen MR) is 62.9 cm³/mol. The molecule has 2 atom stereocenters. The van der Waals surface area contributed by atoms with Crippen molar-refractivity contribution in [2.24, 2.45) is 0 Å². The van der Waals surface area contributed by atoms with Gasteiger partial charge in [0.15, 0.2) is 0 Å². The zero-order valence-corrected chi connectivity index (χ0v) is 10.0. The number of ether oxygens (including phenoxy) is 1. The lowest BCUT2D eigenvalue weighted by atomic mass is 9.99. The van der Waals surface area contributed by atoms with E-state index in [1.165, 1.54) is 19.2 Å². The molecule has 0 aliphatic carbocycles. The smallest absolute Gasteiger partial charge is 0.306 e. The van der Waals surface area contributed by atoms with Crippen LogP contribution in [0.2, 0.25) is 0 Å². The second kappa shape index (κ2) is 6.12. The summed E-state index contributed by atoms with van der Waals surface area (Å²) in [6, 6.07) is 3.87. The van der Waals surface area contributed by atoms with Crippen LogP contribution in [0.3, 0.4) is 0 Å². The van der Waals surface area contributed by atoms with Gasteiger partial charge in [-0.05, 0) is 6.07 Å². The lowest BCUT2D eigenvalue weighted by Crippen LogP contribution is -2.23. The van der Waals surface area contributed by atoms with Crippen molar-refractivity contribution in [1.82, 2.24) is 0 Å². The largest absolute Gasteiger partial charge is 0.496 e. The molecule has 0 saturated carbocycles. The highest BCUT2D eigenvalue weighted by Gasteiger charge is 2.31. The van der Waals surface area contributed by atoms with Gasteiger partial charge in [-0.3, -0.25) is 14.9 Å². The van der Waals surface area contributed by atoms with Crippen molar-refractivity contribution in [3.05, 3.63) is 33.9 Å². The lowest BCUT2D eigenvalue weighted by molar-refractivity contribution is -0.386. The fourth-order valence-electron chi connectivity index (χ4n) is 1.65. The third-order valence-corrected chi connectivity index (χ3v) is 2.50. The predicted octanol–water partition coefficient (Wildman–Crippen LogP) is 0.472. The Balaban J connectivity index is 3.22. The van der Waals surface area contributed by atoms with Gasteiger partial charge in [-0.2, -0.15) is 0 Å². The first-order valence-electron chi connectivity index (χ1n) is 5.27. The first-order chi connectivity index (χ1) is 8.88. The third kappa shape index (κ3) is 3.39. The number of nitrogens with zero attached hydrogens (tertiary/aromatic N) is 1. The molecule has 0 heterocycles. The van der Waals surface area contributed by atoms with Crippen LogP contribution >= 0.6 is 0 Å². The van der Waals surface area contributed by atoms with Crippen molar-refractivity contribution in [2.45, 2.75) is 18.6 Å². The van der Waals surface area contributed by atoms with Crippen LogP contribution in [0, 0.1) is 10.1 Å². The van der Waals surface area contributed by atoms with E-state index in [2.05, 4.69) is 0 Å². The van der Waals surface area contributed by atoms with Crippen LogP contribution < -0.4 is 4.74 Å². The summed E-state index contributed by atoms with van der Waals surface area (Å²) < 4.78 is 4.89. The van der Waals surface area contributed by atoms with Gasteiger partial charge < -0.3 is 20.1 Å². The molecule has 1 rings (SSSR count). The molecule has 0 spiro atoms. The Morgan fingerprint density at radius 1 is 1.47 bits per heavy atom. The topological polar surface area (TPSA) is 130 Å². The summed E-state index contributed by atoms with van der Waals surface area (Å²) in [4.78, 5) is 20.6. The van der Waals surface area contributed by atoms with E-state index in [0.717, 1.165) is 6.07 Å². The maximum atomic E-state index is 10.9. The molecule has 0 aliphatic rings. The summed E-state index contributed by atoms with van der Waals surface area (Å²) in [5.74, 6) is -1.32. The Labute approximate surface area is 108 Å². The monoisotopic (exact) mass is 271 g/mol. The number of methoxy groups -OCH3 is 1. The molecule has 8 nitrogen and oxygen atoms in total. The molecule has 1 aromatic rings. The van der Waals surface area contributed by atoms with E-state index < -0.39 is 35.2 Å². The molecule has 1 aromatic carbocycles. The Hall–Kier alpha value is -2.19. The van der Waals surface area contributed by atoms with Crippen LogP contribution in [0.25, 0.3) is 0 Å². The van der Waals surface area contributed by atoms with Crippen molar-refractivity contribution in [1.29, 1.82) is 0 Å². The van der Waals surface area contributed by atoms with Crippen LogP contribution in [0.15, 0.2) is 18.2 Å². The number of benzene rings is 1. The summed E-state index contributed by atoms with van der Waals surface area (Å²) in [5, 5.41) is 38.9. The maximum Gasteiger partial charge on any atom is 0.306 e. The molecule has 0 aliphatic heterocycles. The van der Waals surface area contributed by atoms with Gasteiger partial charge in [0.1, 0.15) is 17.4 Å². The highest BCUT2D eigenvalue weighted by atomic mass is 16.6. The van der Waals surface area contributed by atoms with E-state index in [1.54, 1.807) is 0 Å². The van der Waals surface area contributed by atoms with Gasteiger partial charge in [-0.15, -0.1) is 0 Å². The van der Waals surface area contributed by atoms with E-state index in [9.17, 15) is 25.1 Å². The van der Waals surface area contributed by atoms with Gasteiger partial charge in [0, 0.05) is 6.07 Å². The molecule has 19 heavy (non-hydrogen) atoms. The van der Waals surface area contributed by atoms with Crippen molar-refractivity contribution in [3.8, 4) is 5.75 Å². The van der Waals surface area contributed by atoms with Crippen LogP contribution in [0.1, 0.15) is 18.1 Å². The minimum Gasteiger partial charge on any atom is -0.496 e. The van der Waals surface area contributed by atoms with Gasteiger partial charge in [0.2, 0.25) is 0 Å². The average molecular weight is 271 g/mol. The van der Waals surface area contributed by atoms with E-state index >= 15 is 0 Å². The normalized spacial score (nSPS) is 13.6. The molecule has 0 radical (unpaired) electrons. The number of hydrogen-bond donors (Lipinski definition) is 3. The first kappa shape index (κ1) is 14.9. The van der Waals surface area contributed by atoms with Gasteiger partial charge in [-0.25, -0.2) is 0 Å². The molecule has 0 aromatic heterocycles. The van der Waals surface area contributed by atoms with Crippen molar-refractivity contribution >= 4 is 11.7 Å². The van der Waals surface area contributed by atoms with E-state index in [0.29, 0.717) is 0 Å². The fraction of sp³-hybridized carbons (Fsp3) is 0.364. The number of rotatable bonds is 6. The number of carboxylic acids is 1. The molecule has 3 N–H and O–H groups in total. The zero-order chi connectivity index (χ0) is 14.6. The highest BCUT2D eigenvalue weighted by molar-refractivity contribution is 5.67. The summed E-state index contributed by atoms with van der Waals surface area (Å²) in [5.41, 5.74) is -0.694. The molecule has 0 amide bonds. The number of aliphatic hydroxyl groups excluding tert-OH is 2. The first-order valence-corrected chi connectivity index (χ1v) is 5.27. The second-order valence-electron chi connectivity index (χ2n) is 3.76. The standard InChI is InChI=1S/C11H13NO7/c1-19-8-4-2-3-6(12(17)18)10(8)11(16)7(13)5-9(14)15/h2-4,7,11,13,16H,5H2,1H3,(H,14,15). The summed E-state index contributed by atoms with van der Waals surface area (Å²) in [7, 11) is 1.25. The van der Waals surface area contributed by atoms with Crippen LogP contribution in [0.5, 0.6) is 5.75 Å². The van der Waals surface area contributed by atoms with E-state index in [4.69, 9.17) is 9.84 Å². The summed E-state index contributed by atoms with van der Waals surface area (Å²) in [6.07, 6.45) is -4.14. The van der Waals surface area contributed by atoms with Crippen LogP contribution in [-0.4, -0.2) is 39.4 Å². The van der Waals surface area contributed by atoms with Crippen molar-refractivity contribution < 1.29 is 29.8 Å². The quantitative estimate of drug-likeness (QED) is 0.506. The average Bonchev–Trinajstić information content (AvgIpc) is 2.35. The van der Waals surface area contributed by atoms with Gasteiger partial charge >= 0.3 is 5.97 Å². The van der Waals surface area contributed by atoms with Crippen LogP contribution in [-0.2, 0) is 4.79 Å². The Kier molecular flexibility index (Phi) is 4.79. The maximum absolute atomic E-state index is 10.9. The second-order valence-corrected chi connectivity index (χ2v) is 3.76. The number of carbonyl (C=O) groups is 1. The van der Waals surface area contributed by atoms with Crippen LogP contribution in [0.4, 0.5) is 5.69 Å². The van der Waals surface area contributed by atoms with Gasteiger partial charge in [0.05, 0.1) is 24.6 Å². The Bertz CT molecular complexity index is 488. The van der Waals surface area contributed by atoms with Gasteiger partial charge in [-0.1, -0.05) is 6.07 Å². The SMILES string of the molecule is COc1cccc([N+](=O)[O-])c1C(O)C(O)CC(=O)O. The molecule has 8 heteroatoms. The van der Waals surface area contributed by atoms with E-state index in [-0.39, 0.29) is 11.3 Å². The molecular weight excluding hydrogens is 258 g/mol. The number of hydrogen-bond acceptors (Lipinski definition) is 6. The number of aliphatic hydroxyl groups is 2. The molecule has 2 unspecified atom stereocenters. The van der Waals surface area contributed by atoms with Crippen molar-refractivity contribution in [2.75, 3.05) is 7.11 Å². The summed E-state index contributed by atoms with van der Waals surface area (Å²) >= 11 is 0. The number of nitro groups is 1. The number of carboxylic acid groups (broad SMARTS) is 1. The molecular formula is C11H13NO7. The molecule has 104 valence electrons. The van der Waals surface area contributed by atoms with E-state index in [1.807, 2.05) is 0 Å². The molecule has 0 fully saturated rings. The molecule has 0 saturated heterocycles. The minimum atomic E-state index is -1.73. The number of nitro benzene ring substituents is 1. The molecule has 0 bridgehead atoms.